The zero-order chi connectivity index (χ0) is 15.7. The van der Waals surface area contributed by atoms with Gasteiger partial charge in [-0.3, -0.25) is 0 Å². The van der Waals surface area contributed by atoms with Crippen molar-refractivity contribution in [3.8, 4) is 0 Å². The van der Waals surface area contributed by atoms with E-state index >= 15 is 0 Å². The second-order valence-electron chi connectivity index (χ2n) is 6.44. The fraction of sp³-hybridized carbons (Fsp3) is 0.625. The molecule has 0 unspecified atom stereocenters. The molecule has 130 valence electrons. The van der Waals surface area contributed by atoms with Gasteiger partial charge >= 0.3 is 0 Å². The monoisotopic (exact) mass is 422 g/mol. The highest BCUT2D eigenvalue weighted by molar-refractivity contribution is 9.10. The van der Waals surface area contributed by atoms with E-state index in [-0.39, 0.29) is 12.4 Å². The van der Waals surface area contributed by atoms with Crippen molar-refractivity contribution in [3.63, 3.8) is 0 Å². The molecular formula is C16H24BrClN2O2S. The van der Waals surface area contributed by atoms with Crippen LogP contribution < -0.4 is 5.32 Å². The lowest BCUT2D eigenvalue weighted by Crippen LogP contribution is -2.45. The SMILES string of the molecule is Cc1cc(S(=O)(=O)N2CCC(NCC3CC3)CC2)ccc1Br.Cl. The Morgan fingerprint density at radius 2 is 1.87 bits per heavy atom. The lowest BCUT2D eigenvalue weighted by Gasteiger charge is -2.31. The Bertz CT molecular complexity index is 641. The summed E-state index contributed by atoms with van der Waals surface area (Å²) < 4.78 is 28.0. The fourth-order valence-electron chi connectivity index (χ4n) is 2.88. The van der Waals surface area contributed by atoms with Crippen LogP contribution in [0, 0.1) is 12.8 Å². The maximum Gasteiger partial charge on any atom is 0.243 e. The van der Waals surface area contributed by atoms with Gasteiger partial charge in [-0.2, -0.15) is 4.31 Å². The minimum absolute atomic E-state index is 0. The Labute approximate surface area is 153 Å². The highest BCUT2D eigenvalue weighted by atomic mass is 79.9. The average molecular weight is 424 g/mol. The topological polar surface area (TPSA) is 49.4 Å². The van der Waals surface area contributed by atoms with Crippen LogP contribution in [0.1, 0.15) is 31.2 Å². The van der Waals surface area contributed by atoms with Crippen LogP contribution in [0.3, 0.4) is 0 Å². The Hall–Kier alpha value is -0.140. The summed E-state index contributed by atoms with van der Waals surface area (Å²) in [4.78, 5) is 0.401. The smallest absolute Gasteiger partial charge is 0.243 e. The van der Waals surface area contributed by atoms with Gasteiger partial charge < -0.3 is 5.32 Å². The third kappa shape index (κ3) is 4.69. The van der Waals surface area contributed by atoms with Gasteiger partial charge in [0.1, 0.15) is 0 Å². The summed E-state index contributed by atoms with van der Waals surface area (Å²) in [5, 5.41) is 3.58. The lowest BCUT2D eigenvalue weighted by molar-refractivity contribution is 0.288. The van der Waals surface area contributed by atoms with Crippen LogP contribution in [-0.4, -0.2) is 38.4 Å². The third-order valence-corrected chi connectivity index (χ3v) is 7.40. The van der Waals surface area contributed by atoms with Gasteiger partial charge in [-0.05, 0) is 68.8 Å². The van der Waals surface area contributed by atoms with E-state index in [0.717, 1.165) is 35.3 Å². The van der Waals surface area contributed by atoms with Crippen LogP contribution in [0.2, 0.25) is 0 Å². The summed E-state index contributed by atoms with van der Waals surface area (Å²) >= 11 is 3.42. The van der Waals surface area contributed by atoms with E-state index in [0.29, 0.717) is 24.0 Å². The standard InChI is InChI=1S/C16H23BrN2O2S.ClH/c1-12-10-15(4-5-16(12)17)22(20,21)19-8-6-14(7-9-19)18-11-13-2-3-13;/h4-5,10,13-14,18H,2-3,6-9,11H2,1H3;1H. The van der Waals surface area contributed by atoms with Crippen LogP contribution in [0.4, 0.5) is 0 Å². The molecule has 1 aliphatic heterocycles. The number of piperidine rings is 1. The van der Waals surface area contributed by atoms with E-state index in [2.05, 4.69) is 21.2 Å². The Kier molecular flexibility index (Phi) is 6.53. The summed E-state index contributed by atoms with van der Waals surface area (Å²) in [5.74, 6) is 0.868. The predicted octanol–water partition coefficient (Wildman–Crippen LogP) is 3.33. The van der Waals surface area contributed by atoms with Gasteiger partial charge in [-0.1, -0.05) is 15.9 Å². The summed E-state index contributed by atoms with van der Waals surface area (Å²) in [6.07, 6.45) is 4.51. The highest BCUT2D eigenvalue weighted by Crippen LogP contribution is 2.29. The number of sulfonamides is 1. The molecule has 1 aromatic carbocycles. The number of benzene rings is 1. The molecule has 0 aromatic heterocycles. The molecular weight excluding hydrogens is 400 g/mol. The van der Waals surface area contributed by atoms with E-state index in [1.165, 1.54) is 12.8 Å². The molecule has 2 fully saturated rings. The quantitative estimate of drug-likeness (QED) is 0.790. The van der Waals surface area contributed by atoms with E-state index in [9.17, 15) is 8.42 Å². The molecule has 23 heavy (non-hydrogen) atoms. The first-order chi connectivity index (χ1) is 10.5. The largest absolute Gasteiger partial charge is 0.314 e. The number of rotatable bonds is 5. The van der Waals surface area contributed by atoms with Crippen molar-refractivity contribution in [2.45, 2.75) is 43.5 Å². The molecule has 3 rings (SSSR count). The number of halogens is 2. The zero-order valence-electron chi connectivity index (χ0n) is 13.3. The van der Waals surface area contributed by atoms with Gasteiger partial charge in [0.25, 0.3) is 0 Å². The highest BCUT2D eigenvalue weighted by Gasteiger charge is 2.30. The molecule has 1 aromatic rings. The number of nitrogens with one attached hydrogen (secondary N) is 1. The molecule has 2 aliphatic rings. The van der Waals surface area contributed by atoms with Crippen molar-refractivity contribution in [3.05, 3.63) is 28.2 Å². The molecule has 1 aliphatic carbocycles. The molecule has 1 heterocycles. The van der Waals surface area contributed by atoms with Gasteiger partial charge in [-0.25, -0.2) is 8.42 Å². The van der Waals surface area contributed by atoms with Crippen molar-refractivity contribution < 1.29 is 8.42 Å². The summed E-state index contributed by atoms with van der Waals surface area (Å²) in [6, 6.07) is 5.71. The molecule has 1 saturated heterocycles. The van der Waals surface area contributed by atoms with Crippen LogP contribution >= 0.6 is 28.3 Å². The maximum atomic E-state index is 12.7. The minimum atomic E-state index is -3.36. The van der Waals surface area contributed by atoms with Crippen molar-refractivity contribution in [2.75, 3.05) is 19.6 Å². The Morgan fingerprint density at radius 3 is 2.43 bits per heavy atom. The van der Waals surface area contributed by atoms with Gasteiger partial charge in [-0.15, -0.1) is 12.4 Å². The summed E-state index contributed by atoms with van der Waals surface area (Å²) in [6.45, 7) is 4.24. The van der Waals surface area contributed by atoms with Crippen molar-refractivity contribution >= 4 is 38.4 Å². The molecule has 7 heteroatoms. The van der Waals surface area contributed by atoms with E-state index < -0.39 is 10.0 Å². The van der Waals surface area contributed by atoms with Gasteiger partial charge in [0, 0.05) is 23.6 Å². The first-order valence-electron chi connectivity index (χ1n) is 7.96. The minimum Gasteiger partial charge on any atom is -0.314 e. The Balaban J connectivity index is 0.00000192. The first-order valence-corrected chi connectivity index (χ1v) is 10.2. The summed E-state index contributed by atoms with van der Waals surface area (Å²) in [5.41, 5.74) is 0.946. The average Bonchev–Trinajstić information content (AvgIpc) is 3.32. The molecule has 1 N–H and O–H groups in total. The van der Waals surface area contributed by atoms with Crippen LogP contribution in [0.25, 0.3) is 0 Å². The zero-order valence-corrected chi connectivity index (χ0v) is 16.5. The van der Waals surface area contributed by atoms with Crippen molar-refractivity contribution in [1.29, 1.82) is 0 Å². The number of hydrogen-bond donors (Lipinski definition) is 1. The lowest BCUT2D eigenvalue weighted by atomic mass is 10.1. The van der Waals surface area contributed by atoms with E-state index in [4.69, 9.17) is 0 Å². The van der Waals surface area contributed by atoms with E-state index in [1.807, 2.05) is 13.0 Å². The molecule has 1 saturated carbocycles. The van der Waals surface area contributed by atoms with Crippen LogP contribution in [0.5, 0.6) is 0 Å². The van der Waals surface area contributed by atoms with Gasteiger partial charge in [0.15, 0.2) is 0 Å². The summed E-state index contributed by atoms with van der Waals surface area (Å²) in [7, 11) is -3.36. The fourth-order valence-corrected chi connectivity index (χ4v) is 4.68. The second-order valence-corrected chi connectivity index (χ2v) is 9.23. The first kappa shape index (κ1) is 19.2. The molecule has 0 spiro atoms. The molecule has 0 atom stereocenters. The van der Waals surface area contributed by atoms with Gasteiger partial charge in [0.05, 0.1) is 4.90 Å². The van der Waals surface area contributed by atoms with Gasteiger partial charge in [0.2, 0.25) is 10.0 Å². The molecule has 0 bridgehead atoms. The second kappa shape index (κ2) is 7.83. The molecule has 0 amide bonds. The normalized spacial score (nSPS) is 20.3. The number of hydrogen-bond acceptors (Lipinski definition) is 3. The third-order valence-electron chi connectivity index (χ3n) is 4.61. The predicted molar refractivity (Wildman–Crippen MR) is 98.6 cm³/mol. The molecule has 4 nitrogen and oxygen atoms in total. The number of nitrogens with zero attached hydrogens (tertiary/aromatic N) is 1. The van der Waals surface area contributed by atoms with Crippen LogP contribution in [0.15, 0.2) is 27.6 Å². The van der Waals surface area contributed by atoms with Crippen molar-refractivity contribution in [1.82, 2.24) is 9.62 Å². The molecule has 0 radical (unpaired) electrons. The van der Waals surface area contributed by atoms with Crippen LogP contribution in [-0.2, 0) is 10.0 Å². The number of aryl methyl sites for hydroxylation is 1. The maximum absolute atomic E-state index is 12.7. The van der Waals surface area contributed by atoms with E-state index in [1.54, 1.807) is 16.4 Å². The van der Waals surface area contributed by atoms with Crippen molar-refractivity contribution in [2.24, 2.45) is 5.92 Å². The Morgan fingerprint density at radius 1 is 1.22 bits per heavy atom.